The van der Waals surface area contributed by atoms with Crippen LogP contribution in [-0.2, 0) is 9.53 Å². The van der Waals surface area contributed by atoms with Crippen molar-refractivity contribution in [2.24, 2.45) is 0 Å². The smallest absolute Gasteiger partial charge is 0.340 e. The van der Waals surface area contributed by atoms with Gasteiger partial charge in [0, 0.05) is 5.69 Å². The maximum Gasteiger partial charge on any atom is 0.340 e. The summed E-state index contributed by atoms with van der Waals surface area (Å²) >= 11 is 0. The number of esters is 1. The van der Waals surface area contributed by atoms with Gasteiger partial charge in [0.1, 0.15) is 0 Å². The largest absolute Gasteiger partial charge is 0.452 e. The zero-order valence-corrected chi connectivity index (χ0v) is 16.9. The SMILES string of the molecule is Cc1ccc(-n2nc(C)c(NC(=O)COC(=O)c3cccc(C)c3N)c2C)cc1. The maximum absolute atomic E-state index is 12.3. The number of carbonyl (C=O) groups excluding carboxylic acids is 2. The van der Waals surface area contributed by atoms with Crippen LogP contribution in [0.15, 0.2) is 42.5 Å². The lowest BCUT2D eigenvalue weighted by atomic mass is 10.1. The molecule has 29 heavy (non-hydrogen) atoms. The normalized spacial score (nSPS) is 10.6. The Morgan fingerprint density at radius 2 is 1.76 bits per heavy atom. The van der Waals surface area contributed by atoms with Crippen molar-refractivity contribution in [3.05, 3.63) is 70.5 Å². The van der Waals surface area contributed by atoms with Gasteiger partial charge < -0.3 is 15.8 Å². The molecule has 2 aromatic carbocycles. The Morgan fingerprint density at radius 3 is 2.45 bits per heavy atom. The lowest BCUT2D eigenvalue weighted by molar-refractivity contribution is -0.119. The van der Waals surface area contributed by atoms with Crippen LogP contribution in [-0.4, -0.2) is 28.3 Å². The first-order chi connectivity index (χ1) is 13.8. The van der Waals surface area contributed by atoms with Gasteiger partial charge >= 0.3 is 5.97 Å². The van der Waals surface area contributed by atoms with Gasteiger partial charge in [0.25, 0.3) is 5.91 Å². The van der Waals surface area contributed by atoms with E-state index in [0.29, 0.717) is 17.1 Å². The third-order valence-electron chi connectivity index (χ3n) is 4.71. The number of rotatable bonds is 5. The summed E-state index contributed by atoms with van der Waals surface area (Å²) in [5, 5.41) is 7.29. The standard InChI is InChI=1S/C22H24N4O3/c1-13-8-10-17(11-9-13)26-16(4)21(15(3)25-26)24-19(27)12-29-22(28)18-7-5-6-14(2)20(18)23/h5-11H,12,23H2,1-4H3,(H,24,27). The molecule has 0 unspecified atom stereocenters. The number of aryl methyl sites for hydroxylation is 3. The number of nitrogens with two attached hydrogens (primary N) is 1. The van der Waals surface area contributed by atoms with Crippen molar-refractivity contribution >= 4 is 23.3 Å². The minimum absolute atomic E-state index is 0.248. The minimum Gasteiger partial charge on any atom is -0.452 e. The van der Waals surface area contributed by atoms with E-state index < -0.39 is 18.5 Å². The molecule has 1 heterocycles. The van der Waals surface area contributed by atoms with Gasteiger partial charge in [-0.2, -0.15) is 5.10 Å². The number of hydrogen-bond acceptors (Lipinski definition) is 5. The molecule has 0 aliphatic heterocycles. The molecule has 0 bridgehead atoms. The predicted molar refractivity (Wildman–Crippen MR) is 112 cm³/mol. The predicted octanol–water partition coefficient (Wildman–Crippen LogP) is 3.48. The number of ether oxygens (including phenoxy) is 1. The lowest BCUT2D eigenvalue weighted by Crippen LogP contribution is -2.22. The summed E-state index contributed by atoms with van der Waals surface area (Å²) in [7, 11) is 0. The summed E-state index contributed by atoms with van der Waals surface area (Å²) in [5.74, 6) is -1.08. The van der Waals surface area contributed by atoms with Crippen LogP contribution >= 0.6 is 0 Å². The molecular weight excluding hydrogens is 368 g/mol. The van der Waals surface area contributed by atoms with Crippen LogP contribution in [0, 0.1) is 27.7 Å². The Labute approximate surface area is 169 Å². The highest BCUT2D eigenvalue weighted by Crippen LogP contribution is 2.23. The number of carbonyl (C=O) groups is 2. The van der Waals surface area contributed by atoms with Crippen LogP contribution < -0.4 is 11.1 Å². The van der Waals surface area contributed by atoms with Crippen LogP contribution in [0.5, 0.6) is 0 Å². The Kier molecular flexibility index (Phi) is 5.68. The van der Waals surface area contributed by atoms with E-state index in [1.807, 2.05) is 45.0 Å². The van der Waals surface area contributed by atoms with Crippen LogP contribution in [0.1, 0.15) is 32.9 Å². The highest BCUT2D eigenvalue weighted by Gasteiger charge is 2.18. The number of amides is 1. The molecule has 0 saturated carbocycles. The third-order valence-corrected chi connectivity index (χ3v) is 4.71. The highest BCUT2D eigenvalue weighted by molar-refractivity contribution is 5.99. The Hall–Kier alpha value is -3.61. The zero-order chi connectivity index (χ0) is 21.1. The van der Waals surface area contributed by atoms with Crippen molar-refractivity contribution < 1.29 is 14.3 Å². The molecule has 0 aliphatic carbocycles. The summed E-state index contributed by atoms with van der Waals surface area (Å²) in [6.45, 7) is 7.08. The molecule has 0 spiro atoms. The van der Waals surface area contributed by atoms with Gasteiger partial charge in [0.15, 0.2) is 6.61 Å². The maximum atomic E-state index is 12.3. The molecule has 0 fully saturated rings. The van der Waals surface area contributed by atoms with E-state index in [9.17, 15) is 9.59 Å². The summed E-state index contributed by atoms with van der Waals surface area (Å²) in [4.78, 5) is 24.6. The number of nitrogens with one attached hydrogen (secondary N) is 1. The molecule has 3 rings (SSSR count). The van der Waals surface area contributed by atoms with Gasteiger partial charge in [-0.1, -0.05) is 29.8 Å². The minimum atomic E-state index is -0.634. The average molecular weight is 392 g/mol. The first kappa shape index (κ1) is 20.1. The topological polar surface area (TPSA) is 99.2 Å². The molecule has 1 aromatic heterocycles. The molecule has 1 amide bonds. The average Bonchev–Trinajstić information content (AvgIpc) is 2.97. The fourth-order valence-electron chi connectivity index (χ4n) is 3.00. The van der Waals surface area contributed by atoms with Gasteiger partial charge in [-0.15, -0.1) is 0 Å². The van der Waals surface area contributed by atoms with E-state index in [1.54, 1.807) is 29.8 Å². The van der Waals surface area contributed by atoms with Crippen molar-refractivity contribution in [2.45, 2.75) is 27.7 Å². The Bertz CT molecular complexity index is 1070. The molecule has 0 atom stereocenters. The fourth-order valence-corrected chi connectivity index (χ4v) is 3.00. The summed E-state index contributed by atoms with van der Waals surface area (Å²) in [6, 6.07) is 13.0. The molecule has 0 radical (unpaired) electrons. The Morgan fingerprint density at radius 1 is 1.07 bits per heavy atom. The van der Waals surface area contributed by atoms with Crippen LogP contribution in [0.2, 0.25) is 0 Å². The number of nitrogens with zero attached hydrogens (tertiary/aromatic N) is 2. The fraction of sp³-hybridized carbons (Fsp3) is 0.227. The van der Waals surface area contributed by atoms with Crippen molar-refractivity contribution in [3.63, 3.8) is 0 Å². The second-order valence-corrected chi connectivity index (χ2v) is 6.95. The highest BCUT2D eigenvalue weighted by atomic mass is 16.5. The summed E-state index contributed by atoms with van der Waals surface area (Å²) < 4.78 is 6.89. The van der Waals surface area contributed by atoms with Crippen molar-refractivity contribution in [1.82, 2.24) is 9.78 Å². The van der Waals surface area contributed by atoms with E-state index in [-0.39, 0.29) is 5.56 Å². The molecule has 150 valence electrons. The number of hydrogen-bond donors (Lipinski definition) is 2. The molecule has 7 nitrogen and oxygen atoms in total. The van der Waals surface area contributed by atoms with Crippen LogP contribution in [0.4, 0.5) is 11.4 Å². The van der Waals surface area contributed by atoms with Gasteiger partial charge in [0.2, 0.25) is 0 Å². The van der Waals surface area contributed by atoms with Crippen molar-refractivity contribution in [2.75, 3.05) is 17.7 Å². The molecular formula is C22H24N4O3. The number of aromatic nitrogens is 2. The van der Waals surface area contributed by atoms with Crippen LogP contribution in [0.25, 0.3) is 5.69 Å². The van der Waals surface area contributed by atoms with Crippen molar-refractivity contribution in [1.29, 1.82) is 0 Å². The van der Waals surface area contributed by atoms with E-state index in [1.165, 1.54) is 0 Å². The quantitative estimate of drug-likeness (QED) is 0.511. The number of benzene rings is 2. The van der Waals surface area contributed by atoms with Crippen LogP contribution in [0.3, 0.4) is 0 Å². The first-order valence-electron chi connectivity index (χ1n) is 9.23. The first-order valence-corrected chi connectivity index (χ1v) is 9.23. The van der Waals surface area contributed by atoms with Crippen molar-refractivity contribution in [3.8, 4) is 5.69 Å². The van der Waals surface area contributed by atoms with Gasteiger partial charge in [0.05, 0.1) is 28.3 Å². The lowest BCUT2D eigenvalue weighted by Gasteiger charge is -2.10. The summed E-state index contributed by atoms with van der Waals surface area (Å²) in [5.41, 5.74) is 11.4. The zero-order valence-electron chi connectivity index (χ0n) is 16.9. The number of para-hydroxylation sites is 1. The molecule has 0 aliphatic rings. The van der Waals surface area contributed by atoms with E-state index in [4.69, 9.17) is 10.5 Å². The van der Waals surface area contributed by atoms with E-state index in [0.717, 1.165) is 22.5 Å². The molecule has 0 saturated heterocycles. The third kappa shape index (κ3) is 4.29. The number of nitrogen functional groups attached to an aromatic ring is 1. The second kappa shape index (κ2) is 8.18. The number of anilines is 2. The monoisotopic (exact) mass is 392 g/mol. The second-order valence-electron chi connectivity index (χ2n) is 6.95. The van der Waals surface area contributed by atoms with E-state index >= 15 is 0 Å². The molecule has 7 heteroatoms. The Balaban J connectivity index is 1.69. The van der Waals surface area contributed by atoms with Gasteiger partial charge in [-0.3, -0.25) is 4.79 Å². The van der Waals surface area contributed by atoms with Gasteiger partial charge in [-0.05, 0) is 51.5 Å². The molecule has 3 N–H and O–H groups in total. The molecule has 3 aromatic rings. The van der Waals surface area contributed by atoms with Gasteiger partial charge in [-0.25, -0.2) is 9.48 Å². The van der Waals surface area contributed by atoms with E-state index in [2.05, 4.69) is 10.4 Å². The summed E-state index contributed by atoms with van der Waals surface area (Å²) in [6.07, 6.45) is 0.